The van der Waals surface area contributed by atoms with Gasteiger partial charge >= 0.3 is 0 Å². The lowest BCUT2D eigenvalue weighted by Gasteiger charge is -2.29. The number of carbonyl (C=O) groups excluding carboxylic acids is 2. The van der Waals surface area contributed by atoms with Crippen LogP contribution in [0.25, 0.3) is 0 Å². The molecule has 1 saturated heterocycles. The number of aromatic nitrogens is 3. The highest BCUT2D eigenvalue weighted by Gasteiger charge is 2.35. The number of hydrogen-bond acceptors (Lipinski definition) is 8. The number of morpholine rings is 1. The molecule has 210 valence electrons. The lowest BCUT2D eigenvalue weighted by molar-refractivity contribution is -0.137. The normalized spacial score (nSPS) is 16.7. The van der Waals surface area contributed by atoms with Crippen molar-refractivity contribution in [1.29, 1.82) is 0 Å². The zero-order valence-electron chi connectivity index (χ0n) is 22.8. The Bertz CT molecular complexity index is 1480. The molecular weight excluding hydrogens is 580 g/mol. The Kier molecular flexibility index (Phi) is 8.08. The second kappa shape index (κ2) is 11.7. The van der Waals surface area contributed by atoms with Crippen molar-refractivity contribution in [2.24, 2.45) is 0 Å². The number of nitrogens with zero attached hydrogens (tertiary/aromatic N) is 4. The van der Waals surface area contributed by atoms with E-state index >= 15 is 0 Å². The lowest BCUT2D eigenvalue weighted by Crippen LogP contribution is -2.43. The maximum absolute atomic E-state index is 13.8. The molecule has 0 bridgehead atoms. The second-order valence-electron chi connectivity index (χ2n) is 9.61. The molecule has 1 atom stereocenters. The van der Waals surface area contributed by atoms with Crippen molar-refractivity contribution in [3.8, 4) is 11.5 Å². The standard InChI is InChI=1S/C28H31BrN6O5/c1-16-6-5-7-21(17(16)2)33-27(37)24-18(3)32-28-30-15-31-35(28)25(24)19-12-20(29)26(22(13-19)38-4)40-14-23(36)34-8-10-39-11-9-34/h5-7,12-13,15,25H,8-11,14H2,1-4H3,(H,33,37)(H,30,31,32). The van der Waals surface area contributed by atoms with Crippen LogP contribution in [0.1, 0.15) is 29.7 Å². The van der Waals surface area contributed by atoms with E-state index < -0.39 is 6.04 Å². The molecular formula is C28H31BrN6O5. The van der Waals surface area contributed by atoms with Crippen molar-refractivity contribution in [2.45, 2.75) is 26.8 Å². The van der Waals surface area contributed by atoms with Crippen molar-refractivity contribution in [2.75, 3.05) is 50.7 Å². The summed E-state index contributed by atoms with van der Waals surface area (Å²) in [6.45, 7) is 7.77. The van der Waals surface area contributed by atoms with Gasteiger partial charge in [0.25, 0.3) is 11.8 Å². The topological polar surface area (TPSA) is 120 Å². The number of methoxy groups -OCH3 is 1. The number of rotatable bonds is 7. The van der Waals surface area contributed by atoms with E-state index in [-0.39, 0.29) is 18.4 Å². The van der Waals surface area contributed by atoms with Gasteiger partial charge in [-0.15, -0.1) is 0 Å². The Labute approximate surface area is 240 Å². The molecule has 2 amide bonds. The van der Waals surface area contributed by atoms with Crippen LogP contribution in [0.15, 0.2) is 52.4 Å². The minimum Gasteiger partial charge on any atom is -0.493 e. The van der Waals surface area contributed by atoms with Crippen molar-refractivity contribution < 1.29 is 23.8 Å². The number of amides is 2. The first kappa shape index (κ1) is 27.7. The third-order valence-corrected chi connectivity index (χ3v) is 7.75. The first-order valence-corrected chi connectivity index (χ1v) is 13.7. The minimum absolute atomic E-state index is 0.129. The van der Waals surface area contributed by atoms with Gasteiger partial charge in [-0.1, -0.05) is 12.1 Å². The zero-order valence-corrected chi connectivity index (χ0v) is 24.4. The van der Waals surface area contributed by atoms with E-state index in [4.69, 9.17) is 14.2 Å². The summed E-state index contributed by atoms with van der Waals surface area (Å²) >= 11 is 3.60. The van der Waals surface area contributed by atoms with Crippen LogP contribution in [0.3, 0.4) is 0 Å². The highest BCUT2D eigenvalue weighted by Crippen LogP contribution is 2.43. The van der Waals surface area contributed by atoms with Gasteiger partial charge in [0.15, 0.2) is 18.1 Å². The fraction of sp³-hybridized carbons (Fsp3) is 0.357. The highest BCUT2D eigenvalue weighted by atomic mass is 79.9. The molecule has 2 aliphatic heterocycles. The smallest absolute Gasteiger partial charge is 0.260 e. The Morgan fingerprint density at radius 3 is 2.73 bits per heavy atom. The van der Waals surface area contributed by atoms with Gasteiger partial charge in [-0.2, -0.15) is 10.1 Å². The summed E-state index contributed by atoms with van der Waals surface area (Å²) < 4.78 is 19.2. The van der Waals surface area contributed by atoms with Crippen LogP contribution in [-0.4, -0.2) is 71.5 Å². The molecule has 0 radical (unpaired) electrons. The number of halogens is 1. The first-order chi connectivity index (χ1) is 19.3. The summed E-state index contributed by atoms with van der Waals surface area (Å²) in [7, 11) is 1.53. The monoisotopic (exact) mass is 610 g/mol. The number of carbonyl (C=O) groups is 2. The molecule has 40 heavy (non-hydrogen) atoms. The predicted octanol–water partition coefficient (Wildman–Crippen LogP) is 3.83. The molecule has 0 aliphatic carbocycles. The number of benzene rings is 2. The van der Waals surface area contributed by atoms with Crippen molar-refractivity contribution in [3.63, 3.8) is 0 Å². The van der Waals surface area contributed by atoms with E-state index in [9.17, 15) is 9.59 Å². The van der Waals surface area contributed by atoms with Gasteiger partial charge in [0, 0.05) is 24.5 Å². The van der Waals surface area contributed by atoms with Gasteiger partial charge in [-0.25, -0.2) is 4.68 Å². The number of hydrogen-bond donors (Lipinski definition) is 2. The van der Waals surface area contributed by atoms with E-state index in [1.165, 1.54) is 13.4 Å². The largest absolute Gasteiger partial charge is 0.493 e. The Balaban J connectivity index is 1.47. The van der Waals surface area contributed by atoms with Crippen LogP contribution < -0.4 is 20.1 Å². The maximum atomic E-state index is 13.8. The van der Waals surface area contributed by atoms with Crippen molar-refractivity contribution >= 4 is 39.4 Å². The molecule has 1 fully saturated rings. The molecule has 1 aromatic heterocycles. The van der Waals surface area contributed by atoms with Crippen molar-refractivity contribution in [3.05, 3.63) is 69.1 Å². The maximum Gasteiger partial charge on any atom is 0.260 e. The van der Waals surface area contributed by atoms with Gasteiger partial charge in [-0.3, -0.25) is 9.59 Å². The number of aryl methyl sites for hydroxylation is 1. The van der Waals surface area contributed by atoms with Gasteiger partial charge < -0.3 is 29.7 Å². The van der Waals surface area contributed by atoms with E-state index in [0.717, 1.165) is 16.8 Å². The SMILES string of the molecule is COc1cc(C2C(C(=O)Nc3cccc(C)c3C)=C(C)Nc3ncnn32)cc(Br)c1OCC(=O)N1CCOCC1. The van der Waals surface area contributed by atoms with Gasteiger partial charge in [0.2, 0.25) is 5.95 Å². The van der Waals surface area contributed by atoms with Crippen LogP contribution in [0.2, 0.25) is 0 Å². The fourth-order valence-electron chi connectivity index (χ4n) is 4.85. The van der Waals surface area contributed by atoms with Gasteiger partial charge in [0.05, 0.1) is 30.4 Å². The number of allylic oxidation sites excluding steroid dienone is 1. The molecule has 11 nitrogen and oxygen atoms in total. The minimum atomic E-state index is -0.613. The van der Waals surface area contributed by atoms with Gasteiger partial charge in [0.1, 0.15) is 12.4 Å². The van der Waals surface area contributed by atoms with Crippen LogP contribution in [0, 0.1) is 13.8 Å². The zero-order chi connectivity index (χ0) is 28.4. The molecule has 2 aliphatic rings. The average molecular weight is 611 g/mol. The van der Waals surface area contributed by atoms with Gasteiger partial charge in [-0.05, 0) is 71.6 Å². The highest BCUT2D eigenvalue weighted by molar-refractivity contribution is 9.10. The summed E-state index contributed by atoms with van der Waals surface area (Å²) in [6, 6.07) is 8.82. The number of fused-ring (bicyclic) bond motifs is 1. The van der Waals surface area contributed by atoms with Crippen molar-refractivity contribution in [1.82, 2.24) is 19.7 Å². The van der Waals surface area contributed by atoms with Crippen LogP contribution >= 0.6 is 15.9 Å². The lowest BCUT2D eigenvalue weighted by atomic mass is 9.94. The third kappa shape index (κ3) is 5.41. The molecule has 2 N–H and O–H groups in total. The summed E-state index contributed by atoms with van der Waals surface area (Å²) in [4.78, 5) is 32.5. The Morgan fingerprint density at radius 1 is 1.20 bits per heavy atom. The second-order valence-corrected chi connectivity index (χ2v) is 10.5. The molecule has 0 saturated carbocycles. The Morgan fingerprint density at radius 2 is 1.98 bits per heavy atom. The average Bonchev–Trinajstić information content (AvgIpc) is 3.42. The molecule has 3 aromatic rings. The number of ether oxygens (including phenoxy) is 3. The first-order valence-electron chi connectivity index (χ1n) is 12.9. The quantitative estimate of drug-likeness (QED) is 0.414. The van der Waals surface area contributed by atoms with Crippen LogP contribution in [-0.2, 0) is 14.3 Å². The molecule has 12 heteroatoms. The fourth-order valence-corrected chi connectivity index (χ4v) is 5.42. The number of anilines is 2. The summed E-state index contributed by atoms with van der Waals surface area (Å²) in [6.07, 6.45) is 1.44. The Hall–Kier alpha value is -3.90. The molecule has 2 aromatic carbocycles. The van der Waals surface area contributed by atoms with Crippen LogP contribution in [0.5, 0.6) is 11.5 Å². The summed E-state index contributed by atoms with van der Waals surface area (Å²) in [5, 5.41) is 10.7. The van der Waals surface area contributed by atoms with E-state index in [0.29, 0.717) is 65.1 Å². The molecule has 5 rings (SSSR count). The number of nitrogens with one attached hydrogen (secondary N) is 2. The third-order valence-electron chi connectivity index (χ3n) is 7.16. The summed E-state index contributed by atoms with van der Waals surface area (Å²) in [5.41, 5.74) is 4.66. The predicted molar refractivity (Wildman–Crippen MR) is 153 cm³/mol. The van der Waals surface area contributed by atoms with Crippen LogP contribution in [0.4, 0.5) is 11.6 Å². The molecule has 0 spiro atoms. The van der Waals surface area contributed by atoms with E-state index in [1.54, 1.807) is 15.6 Å². The molecule has 1 unspecified atom stereocenters. The van der Waals surface area contributed by atoms with E-state index in [1.807, 2.05) is 45.0 Å². The summed E-state index contributed by atoms with van der Waals surface area (Å²) in [5.74, 6) is 0.915. The molecule has 3 heterocycles. The van der Waals surface area contributed by atoms with E-state index in [2.05, 4.69) is 36.6 Å².